The van der Waals surface area contributed by atoms with Gasteiger partial charge >= 0.3 is 0 Å². The molecule has 6 heteroatoms. The number of aliphatic imine (C=N–C) groups is 1. The second kappa shape index (κ2) is 13.0. The molecule has 0 spiro atoms. The minimum absolute atomic E-state index is 0. The topological polar surface area (TPSA) is 39.7 Å². The molecule has 1 rings (SSSR count). The lowest BCUT2D eigenvalue weighted by atomic mass is 10.1. The highest BCUT2D eigenvalue weighted by Gasteiger charge is 2.12. The van der Waals surface area contributed by atoms with E-state index in [9.17, 15) is 0 Å². The van der Waals surface area contributed by atoms with Gasteiger partial charge in [-0.1, -0.05) is 30.3 Å². The van der Waals surface area contributed by atoms with Crippen molar-refractivity contribution in [1.82, 2.24) is 15.5 Å². The van der Waals surface area contributed by atoms with Gasteiger partial charge in [-0.05, 0) is 32.3 Å². The molecule has 0 saturated carbocycles. The summed E-state index contributed by atoms with van der Waals surface area (Å²) >= 11 is 1.83. The van der Waals surface area contributed by atoms with Gasteiger partial charge in [-0.2, -0.15) is 11.8 Å². The molecule has 0 amide bonds. The Kier molecular flexibility index (Phi) is 12.7. The number of rotatable bonds is 8. The van der Waals surface area contributed by atoms with Crippen LogP contribution in [0.2, 0.25) is 0 Å². The van der Waals surface area contributed by atoms with Crippen molar-refractivity contribution in [3.05, 3.63) is 35.9 Å². The summed E-state index contributed by atoms with van der Waals surface area (Å²) in [4.78, 5) is 6.52. The minimum Gasteiger partial charge on any atom is -0.356 e. The van der Waals surface area contributed by atoms with E-state index in [2.05, 4.69) is 71.2 Å². The van der Waals surface area contributed by atoms with Crippen LogP contribution in [0.25, 0.3) is 0 Å². The average Bonchev–Trinajstić information content (AvgIpc) is 2.50. The van der Waals surface area contributed by atoms with E-state index in [0.717, 1.165) is 31.2 Å². The van der Waals surface area contributed by atoms with Crippen LogP contribution < -0.4 is 10.6 Å². The standard InChI is InChI=1S/C16H28N4S.HI/c1-17-16(18-10-11-21-4)19-13-15(20(2)3)12-14-8-6-5-7-9-14;/h5-9,15H,10-13H2,1-4H3,(H2,17,18,19);1H. The molecule has 0 fully saturated rings. The highest BCUT2D eigenvalue weighted by Crippen LogP contribution is 2.06. The fourth-order valence-corrected chi connectivity index (χ4v) is 2.34. The van der Waals surface area contributed by atoms with Crippen molar-refractivity contribution in [3.8, 4) is 0 Å². The van der Waals surface area contributed by atoms with Gasteiger partial charge in [0.2, 0.25) is 0 Å². The number of hydrogen-bond donors (Lipinski definition) is 2. The highest BCUT2D eigenvalue weighted by molar-refractivity contribution is 14.0. The Bertz CT molecular complexity index is 412. The number of thioether (sulfide) groups is 1. The van der Waals surface area contributed by atoms with Gasteiger partial charge in [0.15, 0.2) is 5.96 Å². The molecule has 0 bridgehead atoms. The maximum absolute atomic E-state index is 4.26. The summed E-state index contributed by atoms with van der Waals surface area (Å²) in [6.45, 7) is 1.81. The second-order valence-corrected chi connectivity index (χ2v) is 6.17. The summed E-state index contributed by atoms with van der Waals surface area (Å²) in [6.07, 6.45) is 3.14. The molecule has 0 aliphatic carbocycles. The van der Waals surface area contributed by atoms with E-state index < -0.39 is 0 Å². The Morgan fingerprint density at radius 2 is 1.91 bits per heavy atom. The summed E-state index contributed by atoms with van der Waals surface area (Å²) in [6, 6.07) is 11.1. The van der Waals surface area contributed by atoms with Crippen molar-refractivity contribution in [2.75, 3.05) is 46.2 Å². The van der Waals surface area contributed by atoms with Crippen LogP contribution in [0, 0.1) is 0 Å². The number of hydrogen-bond acceptors (Lipinski definition) is 3. The van der Waals surface area contributed by atoms with Crippen LogP contribution in [0.15, 0.2) is 35.3 Å². The van der Waals surface area contributed by atoms with Crippen LogP contribution >= 0.6 is 35.7 Å². The van der Waals surface area contributed by atoms with E-state index in [4.69, 9.17) is 0 Å². The number of nitrogens with zero attached hydrogens (tertiary/aromatic N) is 2. The predicted molar refractivity (Wildman–Crippen MR) is 111 cm³/mol. The van der Waals surface area contributed by atoms with Crippen LogP contribution in [0.5, 0.6) is 0 Å². The van der Waals surface area contributed by atoms with Crippen molar-refractivity contribution < 1.29 is 0 Å². The second-order valence-electron chi connectivity index (χ2n) is 5.18. The van der Waals surface area contributed by atoms with E-state index in [1.54, 1.807) is 0 Å². The van der Waals surface area contributed by atoms with Gasteiger partial charge < -0.3 is 15.5 Å². The van der Waals surface area contributed by atoms with Crippen molar-refractivity contribution in [3.63, 3.8) is 0 Å². The molecule has 126 valence electrons. The number of nitrogens with one attached hydrogen (secondary N) is 2. The van der Waals surface area contributed by atoms with Crippen LogP contribution in [0.1, 0.15) is 5.56 Å². The smallest absolute Gasteiger partial charge is 0.191 e. The van der Waals surface area contributed by atoms with Crippen LogP contribution in [-0.4, -0.2) is 63.1 Å². The largest absolute Gasteiger partial charge is 0.356 e. The van der Waals surface area contributed by atoms with Gasteiger partial charge in [0.25, 0.3) is 0 Å². The lowest BCUT2D eigenvalue weighted by Gasteiger charge is -2.25. The van der Waals surface area contributed by atoms with E-state index in [-0.39, 0.29) is 24.0 Å². The molecular weight excluding hydrogens is 407 g/mol. The number of benzene rings is 1. The number of halogens is 1. The molecule has 0 aliphatic heterocycles. The SMILES string of the molecule is CN=C(NCCSC)NCC(Cc1ccccc1)N(C)C.I. The van der Waals surface area contributed by atoms with Crippen LogP contribution in [0.3, 0.4) is 0 Å². The lowest BCUT2D eigenvalue weighted by molar-refractivity contribution is 0.290. The molecule has 0 heterocycles. The third-order valence-corrected chi connectivity index (χ3v) is 3.98. The van der Waals surface area contributed by atoms with E-state index in [1.807, 2.05) is 18.8 Å². The number of guanidine groups is 1. The Hall–Kier alpha value is -0.470. The van der Waals surface area contributed by atoms with E-state index in [1.165, 1.54) is 5.56 Å². The summed E-state index contributed by atoms with van der Waals surface area (Å²) in [5.74, 6) is 1.96. The third kappa shape index (κ3) is 8.85. The van der Waals surface area contributed by atoms with Crippen molar-refractivity contribution >= 4 is 41.7 Å². The zero-order valence-electron chi connectivity index (χ0n) is 14.0. The first-order chi connectivity index (χ1) is 10.2. The predicted octanol–water partition coefficient (Wildman–Crippen LogP) is 2.31. The van der Waals surface area contributed by atoms with Gasteiger partial charge in [-0.15, -0.1) is 24.0 Å². The molecule has 4 nitrogen and oxygen atoms in total. The molecule has 22 heavy (non-hydrogen) atoms. The van der Waals surface area contributed by atoms with E-state index in [0.29, 0.717) is 6.04 Å². The highest BCUT2D eigenvalue weighted by atomic mass is 127. The molecule has 1 unspecified atom stereocenters. The summed E-state index contributed by atoms with van der Waals surface area (Å²) in [7, 11) is 6.06. The first-order valence-corrected chi connectivity index (χ1v) is 8.70. The van der Waals surface area contributed by atoms with Gasteiger partial charge in [-0.3, -0.25) is 4.99 Å². The maximum Gasteiger partial charge on any atom is 0.191 e. The quantitative estimate of drug-likeness (QED) is 0.284. The monoisotopic (exact) mass is 436 g/mol. The Morgan fingerprint density at radius 3 is 2.45 bits per heavy atom. The van der Waals surface area contributed by atoms with Crippen molar-refractivity contribution in [2.45, 2.75) is 12.5 Å². The molecule has 0 radical (unpaired) electrons. The molecule has 0 saturated heterocycles. The molecule has 2 N–H and O–H groups in total. The Labute approximate surface area is 156 Å². The summed E-state index contributed by atoms with van der Waals surface area (Å²) < 4.78 is 0. The van der Waals surface area contributed by atoms with Gasteiger partial charge in [0.1, 0.15) is 0 Å². The Morgan fingerprint density at radius 1 is 1.23 bits per heavy atom. The fourth-order valence-electron chi connectivity index (χ4n) is 2.03. The van der Waals surface area contributed by atoms with Gasteiger partial charge in [0, 0.05) is 31.9 Å². The summed E-state index contributed by atoms with van der Waals surface area (Å²) in [5, 5.41) is 6.75. The summed E-state index contributed by atoms with van der Waals surface area (Å²) in [5.41, 5.74) is 1.36. The molecule has 0 aromatic heterocycles. The molecular formula is C16H29IN4S. The molecule has 1 aromatic carbocycles. The van der Waals surface area contributed by atoms with Gasteiger partial charge in [0.05, 0.1) is 0 Å². The normalized spacial score (nSPS) is 12.7. The third-order valence-electron chi connectivity index (χ3n) is 3.37. The fraction of sp³-hybridized carbons (Fsp3) is 0.562. The zero-order valence-corrected chi connectivity index (χ0v) is 17.2. The van der Waals surface area contributed by atoms with Gasteiger partial charge in [-0.25, -0.2) is 0 Å². The number of likely N-dealkylation sites (N-methyl/N-ethyl adjacent to an activating group) is 1. The molecule has 1 aromatic rings. The van der Waals surface area contributed by atoms with E-state index >= 15 is 0 Å². The average molecular weight is 436 g/mol. The van der Waals surface area contributed by atoms with Crippen LogP contribution in [0.4, 0.5) is 0 Å². The first kappa shape index (κ1) is 21.5. The Balaban J connectivity index is 0.00000441. The zero-order chi connectivity index (χ0) is 15.5. The van der Waals surface area contributed by atoms with Crippen molar-refractivity contribution in [1.29, 1.82) is 0 Å². The maximum atomic E-state index is 4.26. The van der Waals surface area contributed by atoms with Crippen LogP contribution in [-0.2, 0) is 6.42 Å². The van der Waals surface area contributed by atoms with Crippen molar-refractivity contribution in [2.24, 2.45) is 4.99 Å². The molecule has 0 aliphatic rings. The lowest BCUT2D eigenvalue weighted by Crippen LogP contribution is -2.46. The minimum atomic E-state index is 0. The first-order valence-electron chi connectivity index (χ1n) is 7.31. The molecule has 1 atom stereocenters.